The van der Waals surface area contributed by atoms with Gasteiger partial charge in [0.2, 0.25) is 0 Å². The van der Waals surface area contributed by atoms with E-state index >= 15 is 0 Å². The van der Waals surface area contributed by atoms with Crippen molar-refractivity contribution >= 4 is 11.8 Å². The Bertz CT molecular complexity index is 236. The highest BCUT2D eigenvalue weighted by Crippen LogP contribution is 2.38. The summed E-state index contributed by atoms with van der Waals surface area (Å²) in [6.45, 7) is 10.9. The number of rotatable bonds is 3. The highest BCUT2D eigenvalue weighted by atomic mass is 32.2. The Kier molecular flexibility index (Phi) is 4.79. The van der Waals surface area contributed by atoms with Crippen molar-refractivity contribution in [3.63, 3.8) is 0 Å². The molecule has 3 heteroatoms. The second kappa shape index (κ2) is 5.94. The van der Waals surface area contributed by atoms with Crippen LogP contribution in [0.25, 0.3) is 0 Å². The molecule has 2 atom stereocenters. The van der Waals surface area contributed by atoms with E-state index in [0.717, 1.165) is 12.1 Å². The van der Waals surface area contributed by atoms with E-state index < -0.39 is 0 Å². The molecular weight excluding hydrogens is 228 g/mol. The van der Waals surface area contributed by atoms with Gasteiger partial charge in [0.05, 0.1) is 0 Å². The molecule has 2 heterocycles. The van der Waals surface area contributed by atoms with E-state index in [1.807, 2.05) is 0 Å². The maximum Gasteiger partial charge on any atom is 0.0241 e. The lowest BCUT2D eigenvalue weighted by Crippen LogP contribution is -2.56. The van der Waals surface area contributed by atoms with E-state index in [4.69, 9.17) is 0 Å². The summed E-state index contributed by atoms with van der Waals surface area (Å²) in [6, 6.07) is 1.55. The highest BCUT2D eigenvalue weighted by molar-refractivity contribution is 7.99. The fourth-order valence-electron chi connectivity index (χ4n) is 3.32. The zero-order valence-corrected chi connectivity index (χ0v) is 12.5. The Labute approximate surface area is 111 Å². The smallest absolute Gasteiger partial charge is 0.0241 e. The minimum absolute atomic E-state index is 0.499. The van der Waals surface area contributed by atoms with Crippen LogP contribution in [-0.2, 0) is 0 Å². The molecule has 0 aliphatic carbocycles. The van der Waals surface area contributed by atoms with Crippen LogP contribution in [0.5, 0.6) is 0 Å². The van der Waals surface area contributed by atoms with Gasteiger partial charge in [-0.2, -0.15) is 11.8 Å². The zero-order valence-electron chi connectivity index (χ0n) is 11.7. The summed E-state index contributed by atoms with van der Waals surface area (Å²) in [4.78, 5) is 2.79. The number of thioether (sulfide) groups is 1. The van der Waals surface area contributed by atoms with Crippen LogP contribution in [0.1, 0.15) is 40.0 Å². The minimum Gasteiger partial charge on any atom is -0.315 e. The average molecular weight is 256 g/mol. The van der Waals surface area contributed by atoms with Crippen LogP contribution in [-0.4, -0.2) is 48.1 Å². The lowest BCUT2D eigenvalue weighted by atomic mass is 9.80. The van der Waals surface area contributed by atoms with Crippen LogP contribution >= 0.6 is 11.8 Å². The minimum atomic E-state index is 0.499. The van der Waals surface area contributed by atoms with Crippen LogP contribution in [0.2, 0.25) is 0 Å². The molecule has 1 N–H and O–H groups in total. The number of nitrogens with zero attached hydrogens (tertiary/aromatic N) is 1. The largest absolute Gasteiger partial charge is 0.315 e. The van der Waals surface area contributed by atoms with Gasteiger partial charge in [0.25, 0.3) is 0 Å². The van der Waals surface area contributed by atoms with E-state index in [-0.39, 0.29) is 0 Å². The predicted molar refractivity (Wildman–Crippen MR) is 77.8 cm³/mol. The first-order chi connectivity index (χ1) is 8.15. The Morgan fingerprint density at radius 3 is 2.82 bits per heavy atom. The molecule has 0 aromatic rings. The highest BCUT2D eigenvalue weighted by Gasteiger charge is 2.38. The summed E-state index contributed by atoms with van der Waals surface area (Å²) < 4.78 is 0. The molecule has 0 amide bonds. The Morgan fingerprint density at radius 2 is 2.24 bits per heavy atom. The molecule has 2 rings (SSSR count). The molecule has 2 nitrogen and oxygen atoms in total. The molecule has 0 bridgehead atoms. The average Bonchev–Trinajstić information content (AvgIpc) is 2.33. The number of likely N-dealkylation sites (N-methyl/N-ethyl adjacent to an activating group) is 1. The standard InChI is InChI=1S/C14H28N2S/c1-4-16(12-6-5-8-15-10-12)13-11-17-9-7-14(13,2)3/h12-13,15H,4-11H2,1-3H3. The van der Waals surface area contributed by atoms with E-state index in [9.17, 15) is 0 Å². The molecule has 2 aliphatic rings. The number of hydrogen-bond donors (Lipinski definition) is 1. The number of nitrogens with one attached hydrogen (secondary N) is 1. The first-order valence-electron chi connectivity index (χ1n) is 7.19. The summed E-state index contributed by atoms with van der Waals surface area (Å²) >= 11 is 2.15. The van der Waals surface area contributed by atoms with Gasteiger partial charge in [-0.05, 0) is 43.5 Å². The van der Waals surface area contributed by atoms with Gasteiger partial charge in [-0.25, -0.2) is 0 Å². The Balaban J connectivity index is 2.04. The van der Waals surface area contributed by atoms with Gasteiger partial charge in [-0.3, -0.25) is 4.90 Å². The lowest BCUT2D eigenvalue weighted by Gasteiger charge is -2.48. The van der Waals surface area contributed by atoms with Crippen molar-refractivity contribution in [1.29, 1.82) is 0 Å². The van der Waals surface area contributed by atoms with Crippen molar-refractivity contribution in [1.82, 2.24) is 10.2 Å². The zero-order chi connectivity index (χ0) is 12.3. The van der Waals surface area contributed by atoms with Gasteiger partial charge in [-0.1, -0.05) is 20.8 Å². The number of hydrogen-bond acceptors (Lipinski definition) is 3. The SMILES string of the molecule is CCN(C1CCCNC1)C1CSCCC1(C)C. The summed E-state index contributed by atoms with van der Waals surface area (Å²) in [5.41, 5.74) is 0.499. The third-order valence-corrected chi connectivity index (χ3v) is 5.62. The molecule has 2 fully saturated rings. The van der Waals surface area contributed by atoms with Crippen molar-refractivity contribution in [2.45, 2.75) is 52.1 Å². The fourth-order valence-corrected chi connectivity index (χ4v) is 5.02. The Hall–Kier alpha value is 0.270. The van der Waals surface area contributed by atoms with Gasteiger partial charge in [0.15, 0.2) is 0 Å². The van der Waals surface area contributed by atoms with Gasteiger partial charge in [0.1, 0.15) is 0 Å². The molecule has 2 saturated heterocycles. The number of piperidine rings is 1. The summed E-state index contributed by atoms with van der Waals surface area (Å²) in [5.74, 6) is 2.68. The first kappa shape index (κ1) is 13.7. The van der Waals surface area contributed by atoms with Crippen LogP contribution in [0, 0.1) is 5.41 Å². The van der Waals surface area contributed by atoms with Crippen molar-refractivity contribution in [3.05, 3.63) is 0 Å². The molecule has 100 valence electrons. The van der Waals surface area contributed by atoms with Gasteiger partial charge in [-0.15, -0.1) is 0 Å². The molecule has 0 aromatic heterocycles. The third-order valence-electron chi connectivity index (χ3n) is 4.57. The Morgan fingerprint density at radius 1 is 1.41 bits per heavy atom. The molecule has 2 aliphatic heterocycles. The molecular formula is C14H28N2S. The quantitative estimate of drug-likeness (QED) is 0.835. The van der Waals surface area contributed by atoms with Gasteiger partial charge < -0.3 is 5.32 Å². The van der Waals surface area contributed by atoms with Crippen molar-refractivity contribution in [2.24, 2.45) is 5.41 Å². The molecule has 0 saturated carbocycles. The molecule has 0 radical (unpaired) electrons. The molecule has 0 spiro atoms. The molecule has 0 aromatic carbocycles. The van der Waals surface area contributed by atoms with E-state index in [1.165, 1.54) is 50.4 Å². The van der Waals surface area contributed by atoms with Crippen molar-refractivity contribution in [3.8, 4) is 0 Å². The monoisotopic (exact) mass is 256 g/mol. The topological polar surface area (TPSA) is 15.3 Å². The van der Waals surface area contributed by atoms with Crippen LogP contribution in [0.15, 0.2) is 0 Å². The van der Waals surface area contributed by atoms with E-state index in [1.54, 1.807) is 0 Å². The summed E-state index contributed by atoms with van der Waals surface area (Å²) in [5, 5.41) is 3.57. The lowest BCUT2D eigenvalue weighted by molar-refractivity contribution is 0.0522. The van der Waals surface area contributed by atoms with Gasteiger partial charge >= 0.3 is 0 Å². The van der Waals surface area contributed by atoms with Crippen LogP contribution < -0.4 is 5.32 Å². The maximum absolute atomic E-state index is 3.57. The van der Waals surface area contributed by atoms with E-state index in [2.05, 4.69) is 42.7 Å². The van der Waals surface area contributed by atoms with Crippen LogP contribution in [0.3, 0.4) is 0 Å². The molecule has 2 unspecified atom stereocenters. The maximum atomic E-state index is 3.57. The first-order valence-corrected chi connectivity index (χ1v) is 8.35. The second-order valence-electron chi connectivity index (χ2n) is 6.16. The van der Waals surface area contributed by atoms with Crippen molar-refractivity contribution in [2.75, 3.05) is 31.1 Å². The van der Waals surface area contributed by atoms with E-state index in [0.29, 0.717) is 5.41 Å². The fraction of sp³-hybridized carbons (Fsp3) is 1.00. The van der Waals surface area contributed by atoms with Gasteiger partial charge in [0, 0.05) is 24.4 Å². The second-order valence-corrected chi connectivity index (χ2v) is 7.31. The summed E-state index contributed by atoms with van der Waals surface area (Å²) in [6.07, 6.45) is 4.11. The van der Waals surface area contributed by atoms with Crippen molar-refractivity contribution < 1.29 is 0 Å². The summed E-state index contributed by atoms with van der Waals surface area (Å²) in [7, 11) is 0. The normalized spacial score (nSPS) is 33.9. The molecule has 17 heavy (non-hydrogen) atoms. The van der Waals surface area contributed by atoms with Crippen LogP contribution in [0.4, 0.5) is 0 Å². The predicted octanol–water partition coefficient (Wildman–Crippen LogP) is 2.59. The third kappa shape index (κ3) is 3.18.